The maximum Gasteiger partial charge on any atom is 0.238 e. The van der Waals surface area contributed by atoms with Gasteiger partial charge in [0.25, 0.3) is 0 Å². The van der Waals surface area contributed by atoms with Gasteiger partial charge in [-0.3, -0.25) is 4.79 Å². The second-order valence-electron chi connectivity index (χ2n) is 6.86. The first-order valence-corrected chi connectivity index (χ1v) is 10.8. The molecule has 152 valence electrons. The highest BCUT2D eigenvalue weighted by molar-refractivity contribution is 7.89. The van der Waals surface area contributed by atoms with Crippen LogP contribution in [0.1, 0.15) is 28.9 Å². The van der Waals surface area contributed by atoms with Crippen molar-refractivity contribution in [2.24, 2.45) is 5.14 Å². The molecule has 29 heavy (non-hydrogen) atoms. The Hall–Kier alpha value is -2.97. The molecular formula is C21H24N4O3S. The maximum atomic E-state index is 12.3. The summed E-state index contributed by atoms with van der Waals surface area (Å²) in [4.78, 5) is 12.3. The number of nitrogens with two attached hydrogens (primary N) is 1. The van der Waals surface area contributed by atoms with Crippen molar-refractivity contribution in [2.45, 2.75) is 38.1 Å². The van der Waals surface area contributed by atoms with Gasteiger partial charge in [0, 0.05) is 18.7 Å². The van der Waals surface area contributed by atoms with Gasteiger partial charge in [-0.1, -0.05) is 30.3 Å². The average Bonchev–Trinajstić information content (AvgIpc) is 2.99. The number of nitrogens with one attached hydrogen (secondary N) is 1. The molecular weight excluding hydrogens is 388 g/mol. The first kappa shape index (κ1) is 20.8. The lowest BCUT2D eigenvalue weighted by atomic mass is 10.1. The summed E-state index contributed by atoms with van der Waals surface area (Å²) in [6.07, 6.45) is 0.943. The van der Waals surface area contributed by atoms with E-state index in [9.17, 15) is 13.2 Å². The number of amides is 1. The van der Waals surface area contributed by atoms with E-state index in [-0.39, 0.29) is 10.8 Å². The minimum absolute atomic E-state index is 0.0500. The van der Waals surface area contributed by atoms with Crippen LogP contribution < -0.4 is 10.5 Å². The number of rotatable bonds is 7. The van der Waals surface area contributed by atoms with Gasteiger partial charge in [0.05, 0.1) is 16.3 Å². The third kappa shape index (κ3) is 5.10. The van der Waals surface area contributed by atoms with Gasteiger partial charge in [-0.15, -0.1) is 0 Å². The normalized spacial score (nSPS) is 11.4. The molecule has 8 heteroatoms. The fourth-order valence-electron chi connectivity index (χ4n) is 3.18. The number of hydrogen-bond acceptors (Lipinski definition) is 4. The quantitative estimate of drug-likeness (QED) is 0.621. The first-order chi connectivity index (χ1) is 13.8. The summed E-state index contributed by atoms with van der Waals surface area (Å²) in [6, 6.07) is 16.0. The Labute approximate surface area is 170 Å². The van der Waals surface area contributed by atoms with Crippen molar-refractivity contribution in [2.75, 3.05) is 0 Å². The zero-order chi connectivity index (χ0) is 21.0. The van der Waals surface area contributed by atoms with E-state index in [0.29, 0.717) is 19.4 Å². The van der Waals surface area contributed by atoms with Crippen molar-refractivity contribution in [1.29, 1.82) is 0 Å². The molecule has 3 N–H and O–H groups in total. The third-order valence-corrected chi connectivity index (χ3v) is 5.71. The van der Waals surface area contributed by atoms with Crippen LogP contribution in [0.15, 0.2) is 59.5 Å². The van der Waals surface area contributed by atoms with Crippen LogP contribution in [0, 0.1) is 13.8 Å². The number of carbonyl (C=O) groups excluding carboxylic acids is 1. The maximum absolute atomic E-state index is 12.3. The number of nitrogens with zero attached hydrogens (tertiary/aromatic N) is 2. The van der Waals surface area contributed by atoms with Crippen molar-refractivity contribution in [1.82, 2.24) is 15.1 Å². The SMILES string of the molecule is Cc1nn(-c2ccccc2)c(C)c1CCC(=O)NCc1ccc(S(N)(=O)=O)cc1. The summed E-state index contributed by atoms with van der Waals surface area (Å²) in [5.74, 6) is -0.0771. The molecule has 0 spiro atoms. The van der Waals surface area contributed by atoms with Crippen LogP contribution >= 0.6 is 0 Å². The van der Waals surface area contributed by atoms with E-state index in [1.165, 1.54) is 12.1 Å². The Morgan fingerprint density at radius 3 is 2.34 bits per heavy atom. The number of hydrogen-bond donors (Lipinski definition) is 2. The van der Waals surface area contributed by atoms with Crippen LogP contribution in [0.2, 0.25) is 0 Å². The lowest BCUT2D eigenvalue weighted by molar-refractivity contribution is -0.121. The van der Waals surface area contributed by atoms with E-state index in [2.05, 4.69) is 10.4 Å². The summed E-state index contributed by atoms with van der Waals surface area (Å²) in [7, 11) is -3.71. The Kier molecular flexibility index (Phi) is 6.14. The van der Waals surface area contributed by atoms with Crippen molar-refractivity contribution in [3.8, 4) is 5.69 Å². The van der Waals surface area contributed by atoms with Gasteiger partial charge in [0.15, 0.2) is 0 Å². The molecule has 0 radical (unpaired) electrons. The summed E-state index contributed by atoms with van der Waals surface area (Å²) < 4.78 is 24.5. The van der Waals surface area contributed by atoms with E-state index < -0.39 is 10.0 Å². The summed E-state index contributed by atoms with van der Waals surface area (Å²) in [5.41, 5.74) is 4.81. The lowest BCUT2D eigenvalue weighted by Crippen LogP contribution is -2.23. The highest BCUT2D eigenvalue weighted by Crippen LogP contribution is 2.19. The van der Waals surface area contributed by atoms with Crippen LogP contribution in [0.3, 0.4) is 0 Å². The van der Waals surface area contributed by atoms with E-state index in [4.69, 9.17) is 5.14 Å². The minimum Gasteiger partial charge on any atom is -0.352 e. The molecule has 0 saturated carbocycles. The topological polar surface area (TPSA) is 107 Å². The second kappa shape index (κ2) is 8.59. The number of aromatic nitrogens is 2. The Morgan fingerprint density at radius 1 is 1.07 bits per heavy atom. The Bertz CT molecular complexity index is 1100. The third-order valence-electron chi connectivity index (χ3n) is 4.79. The molecule has 0 saturated heterocycles. The summed E-state index contributed by atoms with van der Waals surface area (Å²) in [6.45, 7) is 4.28. The molecule has 3 rings (SSSR count). The molecule has 7 nitrogen and oxygen atoms in total. The molecule has 0 fully saturated rings. The predicted octanol–water partition coefficient (Wildman–Crippen LogP) is 2.39. The molecule has 0 bridgehead atoms. The fraction of sp³-hybridized carbons (Fsp3) is 0.238. The van der Waals surface area contributed by atoms with E-state index >= 15 is 0 Å². The van der Waals surface area contributed by atoms with Crippen molar-refractivity contribution < 1.29 is 13.2 Å². The minimum atomic E-state index is -3.71. The van der Waals surface area contributed by atoms with E-state index in [1.54, 1.807) is 12.1 Å². The molecule has 1 aromatic heterocycles. The number of primary sulfonamides is 1. The smallest absolute Gasteiger partial charge is 0.238 e. The number of sulfonamides is 1. The molecule has 0 unspecified atom stereocenters. The zero-order valence-corrected chi connectivity index (χ0v) is 17.2. The van der Waals surface area contributed by atoms with Crippen molar-refractivity contribution in [3.05, 3.63) is 77.1 Å². The Balaban J connectivity index is 1.58. The van der Waals surface area contributed by atoms with Gasteiger partial charge in [0.2, 0.25) is 15.9 Å². The van der Waals surface area contributed by atoms with Crippen LogP contribution in [0.25, 0.3) is 5.69 Å². The van der Waals surface area contributed by atoms with E-state index in [1.807, 2.05) is 48.9 Å². The summed E-state index contributed by atoms with van der Waals surface area (Å²) in [5, 5.41) is 12.5. The average molecular weight is 413 g/mol. The first-order valence-electron chi connectivity index (χ1n) is 9.24. The van der Waals surface area contributed by atoms with Crippen molar-refractivity contribution >= 4 is 15.9 Å². The van der Waals surface area contributed by atoms with Gasteiger partial charge in [0.1, 0.15) is 0 Å². The standard InChI is InChI=1S/C21H24N4O3S/c1-15-20(16(2)25(24-15)18-6-4-3-5-7-18)12-13-21(26)23-14-17-8-10-19(11-9-17)29(22,27)28/h3-11H,12-14H2,1-2H3,(H,23,26)(H2,22,27,28). The Morgan fingerprint density at radius 2 is 1.72 bits per heavy atom. The number of para-hydroxylation sites is 1. The highest BCUT2D eigenvalue weighted by atomic mass is 32.2. The second-order valence-corrected chi connectivity index (χ2v) is 8.42. The molecule has 2 aromatic carbocycles. The van der Waals surface area contributed by atoms with Gasteiger partial charge in [-0.2, -0.15) is 5.10 Å². The molecule has 0 aliphatic carbocycles. The largest absolute Gasteiger partial charge is 0.352 e. The summed E-state index contributed by atoms with van der Waals surface area (Å²) >= 11 is 0. The van der Waals surface area contributed by atoms with Gasteiger partial charge in [-0.25, -0.2) is 18.2 Å². The monoisotopic (exact) mass is 412 g/mol. The number of carbonyl (C=O) groups is 1. The van der Waals surface area contributed by atoms with Gasteiger partial charge in [-0.05, 0) is 55.7 Å². The van der Waals surface area contributed by atoms with Crippen LogP contribution in [0.4, 0.5) is 0 Å². The highest BCUT2D eigenvalue weighted by Gasteiger charge is 2.14. The molecule has 1 amide bonds. The predicted molar refractivity (Wildman–Crippen MR) is 111 cm³/mol. The zero-order valence-electron chi connectivity index (χ0n) is 16.4. The molecule has 0 aliphatic rings. The molecule has 0 aliphatic heterocycles. The van der Waals surface area contributed by atoms with Gasteiger partial charge < -0.3 is 5.32 Å². The molecule has 0 atom stereocenters. The molecule has 1 heterocycles. The van der Waals surface area contributed by atoms with Crippen LogP contribution in [-0.4, -0.2) is 24.1 Å². The lowest BCUT2D eigenvalue weighted by Gasteiger charge is -2.07. The molecule has 3 aromatic rings. The number of benzene rings is 2. The van der Waals surface area contributed by atoms with Crippen molar-refractivity contribution in [3.63, 3.8) is 0 Å². The van der Waals surface area contributed by atoms with E-state index in [0.717, 1.165) is 28.2 Å². The van der Waals surface area contributed by atoms with Crippen LogP contribution in [0.5, 0.6) is 0 Å². The fourth-order valence-corrected chi connectivity index (χ4v) is 3.70. The van der Waals surface area contributed by atoms with Gasteiger partial charge >= 0.3 is 0 Å². The van der Waals surface area contributed by atoms with Crippen LogP contribution in [-0.2, 0) is 27.8 Å². The number of aryl methyl sites for hydroxylation is 1.